The van der Waals surface area contributed by atoms with Crippen molar-refractivity contribution in [3.63, 3.8) is 0 Å². The Morgan fingerprint density at radius 2 is 2.00 bits per heavy atom. The summed E-state index contributed by atoms with van der Waals surface area (Å²) in [6.45, 7) is 9.63. The average molecular weight is 506 g/mol. The Kier molecular flexibility index (Phi) is 6.51. The summed E-state index contributed by atoms with van der Waals surface area (Å²) in [7, 11) is 0. The topological polar surface area (TPSA) is 72.3 Å². The lowest BCUT2D eigenvalue weighted by atomic mass is 9.90. The Morgan fingerprint density at radius 3 is 2.72 bits per heavy atom. The zero-order chi connectivity index (χ0) is 25.4. The minimum absolute atomic E-state index is 0.0852. The zero-order valence-corrected chi connectivity index (χ0v) is 22.0. The van der Waals surface area contributed by atoms with Gasteiger partial charge in [0, 0.05) is 35.9 Å². The number of carbonyl (C=O) groups excluding carboxylic acids is 1. The predicted molar refractivity (Wildman–Crippen MR) is 143 cm³/mol. The van der Waals surface area contributed by atoms with E-state index in [2.05, 4.69) is 39.9 Å². The lowest BCUT2D eigenvalue weighted by Gasteiger charge is -2.30. The molecule has 3 heterocycles. The molecule has 0 fully saturated rings. The smallest absolute Gasteiger partial charge is 0.410 e. The number of amides is 1. The van der Waals surface area contributed by atoms with Crippen LogP contribution in [-0.2, 0) is 11.3 Å². The van der Waals surface area contributed by atoms with E-state index in [1.165, 1.54) is 16.7 Å². The molecule has 36 heavy (non-hydrogen) atoms. The molecule has 0 saturated carbocycles. The highest BCUT2D eigenvalue weighted by molar-refractivity contribution is 6.30. The van der Waals surface area contributed by atoms with Gasteiger partial charge in [-0.25, -0.2) is 9.48 Å². The van der Waals surface area contributed by atoms with Gasteiger partial charge in [0.05, 0.1) is 17.4 Å². The molecule has 7 nitrogen and oxygen atoms in total. The van der Waals surface area contributed by atoms with E-state index in [0.29, 0.717) is 18.1 Å². The van der Waals surface area contributed by atoms with Crippen LogP contribution in [0.15, 0.2) is 48.5 Å². The monoisotopic (exact) mass is 505 g/mol. The largest absolute Gasteiger partial charge is 0.444 e. The summed E-state index contributed by atoms with van der Waals surface area (Å²) in [5.41, 5.74) is 7.27. The minimum atomic E-state index is -0.497. The molecule has 0 saturated heterocycles. The number of hydrogen-bond donors (Lipinski definition) is 1. The first-order valence-corrected chi connectivity index (χ1v) is 12.8. The molecular formula is C28H32ClN5O2. The molecular weight excluding hydrogens is 474 g/mol. The number of nitrogens with one attached hydrogen (secondary N) is 1. The Balaban J connectivity index is 1.46. The summed E-state index contributed by atoms with van der Waals surface area (Å²) >= 11 is 6.26. The standard InChI is InChI=1S/C28H32ClN5O2/c1-18-26-23-9-8-20(19-10-13-33(14-11-19)27(35)36-28(2,3)4)16-24(23)25(12-15-34(26)32-31-18)30-22-7-5-6-21(29)17-22/h5-10,16-17,25,30H,11-15H2,1-4H3. The molecule has 1 N–H and O–H groups in total. The van der Waals surface area contributed by atoms with Gasteiger partial charge in [-0.3, -0.25) is 0 Å². The number of hydrogen-bond acceptors (Lipinski definition) is 5. The van der Waals surface area contributed by atoms with Crippen molar-refractivity contribution in [1.82, 2.24) is 19.9 Å². The molecule has 0 spiro atoms. The first kappa shape index (κ1) is 24.4. The van der Waals surface area contributed by atoms with Crippen molar-refractivity contribution in [2.45, 2.75) is 58.7 Å². The molecule has 1 aromatic heterocycles. The van der Waals surface area contributed by atoms with Crippen molar-refractivity contribution < 1.29 is 9.53 Å². The van der Waals surface area contributed by atoms with Crippen LogP contribution in [0.1, 0.15) is 56.5 Å². The van der Waals surface area contributed by atoms with Crippen LogP contribution in [-0.4, -0.2) is 44.7 Å². The molecule has 0 aliphatic carbocycles. The molecule has 188 valence electrons. The maximum Gasteiger partial charge on any atom is 0.410 e. The van der Waals surface area contributed by atoms with Crippen LogP contribution < -0.4 is 5.32 Å². The van der Waals surface area contributed by atoms with E-state index >= 15 is 0 Å². The van der Waals surface area contributed by atoms with Crippen LogP contribution in [0.3, 0.4) is 0 Å². The van der Waals surface area contributed by atoms with Gasteiger partial charge in [0.1, 0.15) is 5.60 Å². The van der Waals surface area contributed by atoms with E-state index in [1.54, 1.807) is 4.90 Å². The molecule has 1 unspecified atom stereocenters. The van der Waals surface area contributed by atoms with Crippen LogP contribution in [0.4, 0.5) is 10.5 Å². The van der Waals surface area contributed by atoms with Crippen LogP contribution in [0, 0.1) is 6.92 Å². The van der Waals surface area contributed by atoms with Crippen LogP contribution in [0.5, 0.6) is 0 Å². The number of aryl methyl sites for hydroxylation is 2. The number of rotatable bonds is 3. The summed E-state index contributed by atoms with van der Waals surface area (Å²) in [6.07, 6.45) is 3.52. The van der Waals surface area contributed by atoms with Gasteiger partial charge >= 0.3 is 6.09 Å². The second-order valence-corrected chi connectivity index (χ2v) is 10.9. The van der Waals surface area contributed by atoms with E-state index in [1.807, 2.05) is 56.6 Å². The number of benzene rings is 2. The van der Waals surface area contributed by atoms with Crippen molar-refractivity contribution in [2.24, 2.45) is 0 Å². The number of anilines is 1. The van der Waals surface area contributed by atoms with Crippen LogP contribution in [0.25, 0.3) is 16.8 Å². The molecule has 2 aliphatic heterocycles. The fraction of sp³-hybridized carbons (Fsp3) is 0.393. The van der Waals surface area contributed by atoms with Crippen molar-refractivity contribution in [3.8, 4) is 11.3 Å². The third-order valence-electron chi connectivity index (χ3n) is 6.61. The molecule has 1 atom stereocenters. The van der Waals surface area contributed by atoms with Crippen LogP contribution >= 0.6 is 11.6 Å². The van der Waals surface area contributed by atoms with Gasteiger partial charge in [0.25, 0.3) is 0 Å². The second kappa shape index (κ2) is 9.62. The summed E-state index contributed by atoms with van der Waals surface area (Å²) < 4.78 is 7.55. The molecule has 3 aromatic rings. The second-order valence-electron chi connectivity index (χ2n) is 10.5. The lowest BCUT2D eigenvalue weighted by molar-refractivity contribution is 0.0270. The summed E-state index contributed by atoms with van der Waals surface area (Å²) in [6, 6.07) is 14.6. The minimum Gasteiger partial charge on any atom is -0.444 e. The summed E-state index contributed by atoms with van der Waals surface area (Å²) in [5.74, 6) is 0. The molecule has 1 amide bonds. The SMILES string of the molecule is Cc1nnn2c1-c1ccc(C3=CCN(C(=O)OC(C)(C)C)CC3)cc1C(Nc1cccc(Cl)c1)CC2. The van der Waals surface area contributed by atoms with Crippen molar-refractivity contribution in [1.29, 1.82) is 0 Å². The molecule has 0 bridgehead atoms. The van der Waals surface area contributed by atoms with Gasteiger partial charge in [-0.1, -0.05) is 41.1 Å². The van der Waals surface area contributed by atoms with Crippen LogP contribution in [0.2, 0.25) is 5.02 Å². The normalized spacial score (nSPS) is 17.5. The van der Waals surface area contributed by atoms with E-state index in [0.717, 1.165) is 42.0 Å². The van der Waals surface area contributed by atoms with Crippen molar-refractivity contribution in [3.05, 3.63) is 70.4 Å². The Morgan fingerprint density at radius 1 is 1.17 bits per heavy atom. The lowest BCUT2D eigenvalue weighted by Crippen LogP contribution is -2.39. The number of carbonyl (C=O) groups is 1. The fourth-order valence-corrected chi connectivity index (χ4v) is 5.11. The first-order chi connectivity index (χ1) is 17.2. The van der Waals surface area contributed by atoms with Gasteiger partial charge in [-0.05, 0) is 81.5 Å². The Labute approximate surface area is 217 Å². The average Bonchev–Trinajstić information content (AvgIpc) is 3.12. The molecule has 2 aliphatic rings. The predicted octanol–water partition coefficient (Wildman–Crippen LogP) is 6.49. The third-order valence-corrected chi connectivity index (χ3v) is 6.85. The maximum atomic E-state index is 12.5. The highest BCUT2D eigenvalue weighted by Gasteiger charge is 2.27. The van der Waals surface area contributed by atoms with Crippen molar-refractivity contribution >= 4 is 29.0 Å². The van der Waals surface area contributed by atoms with E-state index in [4.69, 9.17) is 16.3 Å². The summed E-state index contributed by atoms with van der Waals surface area (Å²) in [4.78, 5) is 14.3. The van der Waals surface area contributed by atoms with Gasteiger partial charge in [-0.15, -0.1) is 5.10 Å². The molecule has 5 rings (SSSR count). The maximum absolute atomic E-state index is 12.5. The van der Waals surface area contributed by atoms with Gasteiger partial charge in [0.15, 0.2) is 0 Å². The zero-order valence-electron chi connectivity index (χ0n) is 21.2. The van der Waals surface area contributed by atoms with Crippen molar-refractivity contribution in [2.75, 3.05) is 18.4 Å². The highest BCUT2D eigenvalue weighted by Crippen LogP contribution is 2.39. The number of fused-ring (bicyclic) bond motifs is 3. The van der Waals surface area contributed by atoms with Gasteiger partial charge < -0.3 is 15.0 Å². The fourth-order valence-electron chi connectivity index (χ4n) is 4.92. The number of nitrogens with zero attached hydrogens (tertiary/aromatic N) is 4. The Bertz CT molecular complexity index is 1320. The summed E-state index contributed by atoms with van der Waals surface area (Å²) in [5, 5.41) is 13.1. The molecule has 0 radical (unpaired) electrons. The highest BCUT2D eigenvalue weighted by atomic mass is 35.5. The quantitative estimate of drug-likeness (QED) is 0.440. The van der Waals surface area contributed by atoms with E-state index < -0.39 is 5.60 Å². The van der Waals surface area contributed by atoms with E-state index in [9.17, 15) is 4.79 Å². The number of halogens is 1. The van der Waals surface area contributed by atoms with Gasteiger partial charge in [0.2, 0.25) is 0 Å². The van der Waals surface area contributed by atoms with E-state index in [-0.39, 0.29) is 12.1 Å². The molecule has 8 heteroatoms. The molecule has 2 aromatic carbocycles. The van der Waals surface area contributed by atoms with Gasteiger partial charge in [-0.2, -0.15) is 0 Å². The third kappa shape index (κ3) is 5.12. The number of ether oxygens (including phenoxy) is 1. The Hall–Kier alpha value is -3.32. The first-order valence-electron chi connectivity index (χ1n) is 12.4. The number of aromatic nitrogens is 3.